The molecule has 0 unspecified atom stereocenters. The number of hydrogen-bond donors (Lipinski definition) is 2. The standard InChI is InChI=1S/C14H9Cl4N3O5S/c15-9-10(16)12(21-13(18)11(9)17)14(23)26-5-8(22)20-6-1-3-7(4-2-6)27(19,24)25/h1-4H,5H2,(H,20,22)(H2,19,24,25). The summed E-state index contributed by atoms with van der Waals surface area (Å²) in [6.07, 6.45) is 0. The molecule has 3 N–H and O–H groups in total. The zero-order valence-electron chi connectivity index (χ0n) is 13.0. The second-order valence-corrected chi connectivity index (χ2v) is 7.94. The van der Waals surface area contributed by atoms with Gasteiger partial charge in [-0.25, -0.2) is 23.3 Å². The number of amides is 1. The van der Waals surface area contributed by atoms with Crippen LogP contribution in [-0.2, 0) is 19.6 Å². The van der Waals surface area contributed by atoms with Crippen molar-refractivity contribution in [1.82, 2.24) is 4.98 Å². The van der Waals surface area contributed by atoms with Crippen molar-refractivity contribution in [3.8, 4) is 0 Å². The van der Waals surface area contributed by atoms with Crippen LogP contribution in [0.1, 0.15) is 10.5 Å². The average molecular weight is 473 g/mol. The summed E-state index contributed by atoms with van der Waals surface area (Å²) in [5.41, 5.74) is -0.140. The summed E-state index contributed by atoms with van der Waals surface area (Å²) in [6, 6.07) is 5.05. The lowest BCUT2D eigenvalue weighted by Gasteiger charge is -2.09. The van der Waals surface area contributed by atoms with Crippen LogP contribution in [0, 0.1) is 0 Å². The van der Waals surface area contributed by atoms with Gasteiger partial charge in [0.1, 0.15) is 5.15 Å². The van der Waals surface area contributed by atoms with E-state index in [-0.39, 0.29) is 30.8 Å². The van der Waals surface area contributed by atoms with Crippen molar-refractivity contribution in [2.24, 2.45) is 5.14 Å². The number of sulfonamides is 1. The van der Waals surface area contributed by atoms with E-state index in [1.165, 1.54) is 24.3 Å². The molecule has 0 spiro atoms. The Morgan fingerprint density at radius 3 is 2.19 bits per heavy atom. The monoisotopic (exact) mass is 471 g/mol. The number of nitrogens with two attached hydrogens (primary N) is 1. The average Bonchev–Trinajstić information content (AvgIpc) is 2.60. The second-order valence-electron chi connectivity index (χ2n) is 4.89. The van der Waals surface area contributed by atoms with Gasteiger partial charge in [0.25, 0.3) is 5.91 Å². The molecule has 0 aliphatic rings. The highest BCUT2D eigenvalue weighted by Gasteiger charge is 2.22. The maximum atomic E-state index is 12.0. The van der Waals surface area contributed by atoms with Crippen molar-refractivity contribution in [2.75, 3.05) is 11.9 Å². The van der Waals surface area contributed by atoms with Gasteiger partial charge in [0.2, 0.25) is 10.0 Å². The quantitative estimate of drug-likeness (QED) is 0.508. The van der Waals surface area contributed by atoms with E-state index in [0.717, 1.165) is 0 Å². The molecule has 0 radical (unpaired) electrons. The molecule has 1 aromatic carbocycles. The number of benzene rings is 1. The summed E-state index contributed by atoms with van der Waals surface area (Å²) in [7, 11) is -3.85. The number of ether oxygens (including phenoxy) is 1. The van der Waals surface area contributed by atoms with Crippen LogP contribution in [0.15, 0.2) is 29.2 Å². The summed E-state index contributed by atoms with van der Waals surface area (Å²) >= 11 is 23.2. The fourth-order valence-electron chi connectivity index (χ4n) is 1.75. The predicted octanol–water partition coefficient (Wildman–Crippen LogP) is 3.14. The Labute approximate surface area is 173 Å². The number of aromatic nitrogens is 1. The number of halogens is 4. The molecule has 1 amide bonds. The summed E-state index contributed by atoms with van der Waals surface area (Å²) in [5, 5.41) is 6.54. The zero-order chi connectivity index (χ0) is 20.4. The van der Waals surface area contributed by atoms with E-state index in [0.29, 0.717) is 0 Å². The predicted molar refractivity (Wildman–Crippen MR) is 101 cm³/mol. The van der Waals surface area contributed by atoms with E-state index < -0.39 is 34.2 Å². The Morgan fingerprint density at radius 1 is 1.04 bits per heavy atom. The molecule has 13 heteroatoms. The molecular weight excluding hydrogens is 464 g/mol. The van der Waals surface area contributed by atoms with Crippen molar-refractivity contribution in [3.63, 3.8) is 0 Å². The number of primary sulfonamides is 1. The second kappa shape index (κ2) is 8.59. The van der Waals surface area contributed by atoms with Crippen LogP contribution in [0.2, 0.25) is 20.2 Å². The molecule has 0 aliphatic carbocycles. The van der Waals surface area contributed by atoms with Gasteiger partial charge in [-0.2, -0.15) is 0 Å². The van der Waals surface area contributed by atoms with Gasteiger partial charge < -0.3 is 10.1 Å². The first-order valence-electron chi connectivity index (χ1n) is 6.80. The minimum absolute atomic E-state index is 0.121. The van der Waals surface area contributed by atoms with Gasteiger partial charge in [0.05, 0.1) is 20.0 Å². The van der Waals surface area contributed by atoms with E-state index in [4.69, 9.17) is 56.3 Å². The SMILES string of the molecule is NS(=O)(=O)c1ccc(NC(=O)COC(=O)c2nc(Cl)c(Cl)c(Cl)c2Cl)cc1. The van der Waals surface area contributed by atoms with Crippen LogP contribution >= 0.6 is 46.4 Å². The highest BCUT2D eigenvalue weighted by molar-refractivity contribution is 7.89. The topological polar surface area (TPSA) is 128 Å². The van der Waals surface area contributed by atoms with Crippen LogP contribution in [0.3, 0.4) is 0 Å². The van der Waals surface area contributed by atoms with Gasteiger partial charge in [-0.05, 0) is 24.3 Å². The Balaban J connectivity index is 2.01. The van der Waals surface area contributed by atoms with E-state index >= 15 is 0 Å². The zero-order valence-corrected chi connectivity index (χ0v) is 16.8. The fourth-order valence-corrected chi connectivity index (χ4v) is 3.07. The Hall–Kier alpha value is -1.62. The molecule has 2 aromatic rings. The molecule has 0 aliphatic heterocycles. The highest BCUT2D eigenvalue weighted by Crippen LogP contribution is 2.36. The normalized spacial score (nSPS) is 11.1. The molecule has 144 valence electrons. The number of anilines is 1. The third kappa shape index (κ3) is 5.44. The van der Waals surface area contributed by atoms with Gasteiger partial charge in [-0.1, -0.05) is 46.4 Å². The number of pyridine rings is 1. The third-order valence-electron chi connectivity index (χ3n) is 2.98. The summed E-state index contributed by atoms with van der Waals surface area (Å²) in [6.45, 7) is -0.675. The molecular formula is C14H9Cl4N3O5S. The van der Waals surface area contributed by atoms with Crippen LogP contribution < -0.4 is 10.5 Å². The van der Waals surface area contributed by atoms with E-state index in [1.54, 1.807) is 0 Å². The highest BCUT2D eigenvalue weighted by atomic mass is 35.5. The fraction of sp³-hybridized carbons (Fsp3) is 0.0714. The van der Waals surface area contributed by atoms with Gasteiger partial charge >= 0.3 is 5.97 Å². The molecule has 0 saturated heterocycles. The summed E-state index contributed by atoms with van der Waals surface area (Å²) in [5.74, 6) is -1.74. The number of nitrogens with one attached hydrogen (secondary N) is 1. The number of nitrogens with zero attached hydrogens (tertiary/aromatic N) is 1. The van der Waals surface area contributed by atoms with Gasteiger partial charge in [-0.3, -0.25) is 4.79 Å². The first kappa shape index (κ1) is 21.7. The first-order chi connectivity index (χ1) is 12.5. The number of carbonyl (C=O) groups excluding carboxylic acids is 2. The lowest BCUT2D eigenvalue weighted by atomic mass is 10.3. The lowest BCUT2D eigenvalue weighted by Crippen LogP contribution is -2.21. The third-order valence-corrected chi connectivity index (χ3v) is 5.59. The molecule has 0 fully saturated rings. The minimum atomic E-state index is -3.85. The molecule has 1 aromatic heterocycles. The van der Waals surface area contributed by atoms with E-state index in [9.17, 15) is 18.0 Å². The molecule has 27 heavy (non-hydrogen) atoms. The van der Waals surface area contributed by atoms with Crippen molar-refractivity contribution >= 4 is 74.0 Å². The maximum absolute atomic E-state index is 12.0. The van der Waals surface area contributed by atoms with Gasteiger partial charge in [0, 0.05) is 5.69 Å². The van der Waals surface area contributed by atoms with Crippen LogP contribution in [0.4, 0.5) is 5.69 Å². The lowest BCUT2D eigenvalue weighted by molar-refractivity contribution is -0.119. The molecule has 8 nitrogen and oxygen atoms in total. The molecule has 1 heterocycles. The van der Waals surface area contributed by atoms with Crippen molar-refractivity contribution in [2.45, 2.75) is 4.90 Å². The maximum Gasteiger partial charge on any atom is 0.359 e. The Bertz CT molecular complexity index is 1010. The smallest absolute Gasteiger partial charge is 0.359 e. The molecule has 0 saturated carbocycles. The molecule has 0 bridgehead atoms. The van der Waals surface area contributed by atoms with Crippen molar-refractivity contribution in [3.05, 3.63) is 50.2 Å². The number of hydrogen-bond acceptors (Lipinski definition) is 6. The number of carbonyl (C=O) groups is 2. The van der Waals surface area contributed by atoms with E-state index in [1.807, 2.05) is 0 Å². The van der Waals surface area contributed by atoms with Crippen molar-refractivity contribution in [1.29, 1.82) is 0 Å². The van der Waals surface area contributed by atoms with Crippen molar-refractivity contribution < 1.29 is 22.7 Å². The minimum Gasteiger partial charge on any atom is -0.451 e. The summed E-state index contributed by atoms with van der Waals surface area (Å²) in [4.78, 5) is 27.4. The van der Waals surface area contributed by atoms with Crippen LogP contribution in [0.5, 0.6) is 0 Å². The molecule has 2 rings (SSSR count). The summed E-state index contributed by atoms with van der Waals surface area (Å²) < 4.78 is 27.1. The van der Waals surface area contributed by atoms with Crippen LogP contribution in [0.25, 0.3) is 0 Å². The number of esters is 1. The Kier molecular flexibility index (Phi) is 6.90. The molecule has 0 atom stereocenters. The van der Waals surface area contributed by atoms with E-state index in [2.05, 4.69) is 10.3 Å². The first-order valence-corrected chi connectivity index (χ1v) is 9.86. The largest absolute Gasteiger partial charge is 0.451 e. The van der Waals surface area contributed by atoms with Gasteiger partial charge in [0.15, 0.2) is 12.3 Å². The Morgan fingerprint density at radius 2 is 1.63 bits per heavy atom. The van der Waals surface area contributed by atoms with Crippen LogP contribution in [-0.4, -0.2) is 31.9 Å². The van der Waals surface area contributed by atoms with Gasteiger partial charge in [-0.15, -0.1) is 0 Å². The number of rotatable bonds is 5.